The highest BCUT2D eigenvalue weighted by atomic mass is 35.5. The number of likely N-dealkylation sites (tertiary alicyclic amines) is 1. The molecular weight excluding hydrogens is 694 g/mol. The number of ether oxygens (including phenoxy) is 5. The Kier molecular flexibility index (Phi) is 10.4. The Balaban J connectivity index is 1.10. The van der Waals surface area contributed by atoms with Crippen LogP contribution in [0.1, 0.15) is 46.5 Å². The molecule has 2 saturated heterocycles. The number of primary amides is 1. The summed E-state index contributed by atoms with van der Waals surface area (Å²) in [4.78, 5) is 55.3. The van der Waals surface area contributed by atoms with Gasteiger partial charge in [0.15, 0.2) is 0 Å². The van der Waals surface area contributed by atoms with Crippen molar-refractivity contribution >= 4 is 40.4 Å². The highest BCUT2D eigenvalue weighted by molar-refractivity contribution is 6.36. The SMILES string of the molecule is CC(C)(C)[C@H](NC(=O)O[C@@H]1C[C@@H]2C[C@@H]2C1)C(=O)N1C[C@H](Oc2cc(Oc3ncc[nH]3)nc3c(Cl)c(OCCN4CCOCC4)ccc23)C[C@H]1C(N)=O. The van der Waals surface area contributed by atoms with E-state index in [-0.39, 0.29) is 36.0 Å². The standard InChI is InChI=1S/C36H46ClN7O8/c1-36(2,3)31(42-35(47)51-22-15-20-14-21(20)16-22)33(46)44-19-23(17-25(44)32(38)45)50-27-18-28(52-34-39-6-7-40-34)41-30-24(27)4-5-26(29(30)37)49-13-10-43-8-11-48-12-9-43/h4-7,18,20-23,25,31H,8-17,19H2,1-3H3,(H2,38,45)(H,39,40)(H,42,47)/t20-,21+,22+,23-,25+,31-/m1/s1. The summed E-state index contributed by atoms with van der Waals surface area (Å²) >= 11 is 6.90. The van der Waals surface area contributed by atoms with Crippen molar-refractivity contribution in [2.45, 2.75) is 70.7 Å². The molecule has 0 bridgehead atoms. The largest absolute Gasteiger partial charge is 0.491 e. The number of aromatic nitrogens is 3. The highest BCUT2D eigenvalue weighted by Crippen LogP contribution is 2.52. The van der Waals surface area contributed by atoms with Crippen LogP contribution in [0.4, 0.5) is 4.79 Å². The fraction of sp³-hybridized carbons (Fsp3) is 0.583. The molecule has 0 spiro atoms. The molecule has 2 aliphatic carbocycles. The van der Waals surface area contributed by atoms with Gasteiger partial charge in [0.1, 0.15) is 52.9 Å². The predicted molar refractivity (Wildman–Crippen MR) is 189 cm³/mol. The summed E-state index contributed by atoms with van der Waals surface area (Å²) in [6.45, 7) is 9.77. The summed E-state index contributed by atoms with van der Waals surface area (Å²) in [5.74, 6) is 1.11. The Morgan fingerprint density at radius 1 is 1.10 bits per heavy atom. The fourth-order valence-electron chi connectivity index (χ4n) is 7.41. The maximum atomic E-state index is 14.2. The number of nitrogens with one attached hydrogen (secondary N) is 2. The van der Waals surface area contributed by atoms with E-state index in [0.29, 0.717) is 60.6 Å². The number of imidazole rings is 1. The Labute approximate surface area is 306 Å². The number of nitrogens with zero attached hydrogens (tertiary/aromatic N) is 4. The van der Waals surface area contributed by atoms with Gasteiger partial charge in [0, 0.05) is 49.9 Å². The lowest BCUT2D eigenvalue weighted by Crippen LogP contribution is -2.57. The van der Waals surface area contributed by atoms with Crippen molar-refractivity contribution in [1.29, 1.82) is 0 Å². The Hall–Kier alpha value is -4.34. The molecule has 4 N–H and O–H groups in total. The second-order valence-electron chi connectivity index (χ2n) is 15.1. The van der Waals surface area contributed by atoms with Crippen molar-refractivity contribution in [3.8, 4) is 23.4 Å². The van der Waals surface area contributed by atoms with Crippen molar-refractivity contribution in [3.05, 3.63) is 35.6 Å². The van der Waals surface area contributed by atoms with Crippen LogP contribution in [0.25, 0.3) is 10.9 Å². The minimum atomic E-state index is -0.980. The zero-order valence-corrected chi connectivity index (χ0v) is 30.4. The average molecular weight is 740 g/mol. The Morgan fingerprint density at radius 3 is 2.56 bits per heavy atom. The molecule has 2 saturated carbocycles. The van der Waals surface area contributed by atoms with E-state index in [1.807, 2.05) is 20.8 Å². The number of carbonyl (C=O) groups excluding carboxylic acids is 3. The molecule has 6 atom stereocenters. The van der Waals surface area contributed by atoms with E-state index in [0.717, 1.165) is 25.9 Å². The number of morpholine rings is 1. The van der Waals surface area contributed by atoms with Gasteiger partial charge in [0.2, 0.25) is 17.7 Å². The molecule has 7 rings (SSSR count). The summed E-state index contributed by atoms with van der Waals surface area (Å²) in [5, 5.41) is 3.64. The van der Waals surface area contributed by atoms with Gasteiger partial charge < -0.3 is 44.6 Å². The van der Waals surface area contributed by atoms with Crippen LogP contribution in [-0.2, 0) is 19.1 Å². The Bertz CT molecular complexity index is 1770. The lowest BCUT2D eigenvalue weighted by atomic mass is 9.85. The quantitative estimate of drug-likeness (QED) is 0.245. The lowest BCUT2D eigenvalue weighted by molar-refractivity contribution is -0.141. The third-order valence-electron chi connectivity index (χ3n) is 10.3. The number of pyridine rings is 1. The Morgan fingerprint density at radius 2 is 1.87 bits per heavy atom. The number of benzene rings is 1. The van der Waals surface area contributed by atoms with Gasteiger partial charge >= 0.3 is 6.09 Å². The van der Waals surface area contributed by atoms with Crippen molar-refractivity contribution in [2.24, 2.45) is 23.0 Å². The van der Waals surface area contributed by atoms with Crippen LogP contribution in [0.5, 0.6) is 23.4 Å². The van der Waals surface area contributed by atoms with Crippen molar-refractivity contribution in [1.82, 2.24) is 30.1 Å². The van der Waals surface area contributed by atoms with Gasteiger partial charge in [0.05, 0.1) is 19.8 Å². The van der Waals surface area contributed by atoms with Crippen LogP contribution in [0.2, 0.25) is 5.02 Å². The molecule has 2 aliphatic heterocycles. The molecule has 3 amide bonds. The number of hydrogen-bond donors (Lipinski definition) is 3. The smallest absolute Gasteiger partial charge is 0.408 e. The van der Waals surface area contributed by atoms with Crippen LogP contribution in [0.15, 0.2) is 30.6 Å². The van der Waals surface area contributed by atoms with Gasteiger partial charge in [-0.1, -0.05) is 32.4 Å². The van der Waals surface area contributed by atoms with Gasteiger partial charge in [-0.2, -0.15) is 0 Å². The monoisotopic (exact) mass is 739 g/mol. The van der Waals surface area contributed by atoms with Gasteiger partial charge in [-0.05, 0) is 48.6 Å². The van der Waals surface area contributed by atoms with Crippen molar-refractivity contribution < 1.29 is 38.1 Å². The molecule has 4 fully saturated rings. The zero-order chi connectivity index (χ0) is 36.6. The number of halogens is 1. The summed E-state index contributed by atoms with van der Waals surface area (Å²) in [5.41, 5.74) is 5.52. The molecule has 0 unspecified atom stereocenters. The molecule has 4 heterocycles. The second kappa shape index (κ2) is 15.0. The minimum absolute atomic E-state index is 0.0381. The van der Waals surface area contributed by atoms with E-state index in [2.05, 4.69) is 25.2 Å². The summed E-state index contributed by atoms with van der Waals surface area (Å²) in [7, 11) is 0. The number of nitrogens with two attached hydrogens (primary N) is 1. The van der Waals surface area contributed by atoms with Crippen LogP contribution >= 0.6 is 11.6 Å². The van der Waals surface area contributed by atoms with E-state index >= 15 is 0 Å². The van der Waals surface area contributed by atoms with Crippen LogP contribution in [0, 0.1) is 17.3 Å². The fourth-order valence-corrected chi connectivity index (χ4v) is 7.67. The number of rotatable bonds is 12. The second-order valence-corrected chi connectivity index (χ2v) is 15.5. The van der Waals surface area contributed by atoms with Gasteiger partial charge in [-0.15, -0.1) is 0 Å². The van der Waals surface area contributed by atoms with E-state index in [1.54, 1.807) is 30.6 Å². The molecule has 0 radical (unpaired) electrons. The average Bonchev–Trinajstić information content (AvgIpc) is 3.46. The van der Waals surface area contributed by atoms with Gasteiger partial charge in [0.25, 0.3) is 6.01 Å². The van der Waals surface area contributed by atoms with Crippen LogP contribution in [0.3, 0.4) is 0 Å². The van der Waals surface area contributed by atoms with E-state index in [4.69, 9.17) is 41.0 Å². The number of alkyl carbamates (subject to hydrolysis) is 1. The summed E-state index contributed by atoms with van der Waals surface area (Å²) < 4.78 is 29.6. The first-order valence-electron chi connectivity index (χ1n) is 17.9. The molecular formula is C36H46ClN7O8. The summed E-state index contributed by atoms with van der Waals surface area (Å²) in [6.07, 6.45) is 4.76. The van der Waals surface area contributed by atoms with E-state index < -0.39 is 41.5 Å². The first kappa shape index (κ1) is 36.0. The molecule has 52 heavy (non-hydrogen) atoms. The van der Waals surface area contributed by atoms with Crippen LogP contribution in [-0.4, -0.2) is 113 Å². The maximum Gasteiger partial charge on any atom is 0.408 e. The molecule has 4 aliphatic rings. The number of aromatic amines is 1. The number of H-pyrrole nitrogens is 1. The molecule has 280 valence electrons. The minimum Gasteiger partial charge on any atom is -0.491 e. The third-order valence-corrected chi connectivity index (χ3v) is 10.6. The maximum absolute atomic E-state index is 14.2. The lowest BCUT2D eigenvalue weighted by Gasteiger charge is -2.35. The molecule has 2 aromatic heterocycles. The van der Waals surface area contributed by atoms with Crippen LogP contribution < -0.4 is 25.3 Å². The van der Waals surface area contributed by atoms with Crippen molar-refractivity contribution in [2.75, 3.05) is 46.0 Å². The number of fused-ring (bicyclic) bond motifs is 2. The van der Waals surface area contributed by atoms with Gasteiger partial charge in [-0.3, -0.25) is 14.5 Å². The van der Waals surface area contributed by atoms with Gasteiger partial charge in [-0.25, -0.2) is 14.8 Å². The predicted octanol–water partition coefficient (Wildman–Crippen LogP) is 3.89. The topological polar surface area (TPSA) is 183 Å². The van der Waals surface area contributed by atoms with E-state index in [9.17, 15) is 14.4 Å². The highest BCUT2D eigenvalue weighted by Gasteiger charge is 2.48. The molecule has 15 nitrogen and oxygen atoms in total. The van der Waals surface area contributed by atoms with E-state index in [1.165, 1.54) is 11.3 Å². The molecule has 3 aromatic rings. The number of carbonyl (C=O) groups is 3. The first-order valence-corrected chi connectivity index (χ1v) is 18.3. The number of hydrogen-bond acceptors (Lipinski definition) is 11. The normalized spacial score (nSPS) is 25.0. The first-order chi connectivity index (χ1) is 24.9. The third kappa shape index (κ3) is 8.16. The van der Waals surface area contributed by atoms with Crippen molar-refractivity contribution in [3.63, 3.8) is 0 Å². The number of amides is 3. The zero-order valence-electron chi connectivity index (χ0n) is 29.6. The summed E-state index contributed by atoms with van der Waals surface area (Å²) in [6, 6.07) is 3.42. The molecule has 1 aromatic carbocycles. The molecule has 16 heteroatoms.